The van der Waals surface area contributed by atoms with Gasteiger partial charge in [-0.25, -0.2) is 0 Å². The zero-order chi connectivity index (χ0) is 9.47. The number of nitrogens with one attached hydrogen (secondary N) is 2. The minimum atomic E-state index is -0.213. The standard InChI is InChI=1S/C10H18N2O/c1-10(2)11-8-6-4-3-5-7(8)9(13)12-10/h7-8,11H,3-6H2,1-2H3,(H,12,13). The highest BCUT2D eigenvalue weighted by Crippen LogP contribution is 2.28. The maximum atomic E-state index is 11.7. The Hall–Kier alpha value is -0.570. The van der Waals surface area contributed by atoms with Crippen LogP contribution in [0.2, 0.25) is 0 Å². The van der Waals surface area contributed by atoms with Crippen LogP contribution in [-0.2, 0) is 4.79 Å². The van der Waals surface area contributed by atoms with Crippen molar-refractivity contribution in [1.82, 2.24) is 10.6 Å². The quantitative estimate of drug-likeness (QED) is 0.587. The summed E-state index contributed by atoms with van der Waals surface area (Å²) in [6.45, 7) is 4.05. The Balaban J connectivity index is 2.12. The number of hydrogen-bond donors (Lipinski definition) is 2. The van der Waals surface area contributed by atoms with Gasteiger partial charge < -0.3 is 5.32 Å². The van der Waals surface area contributed by atoms with Crippen molar-refractivity contribution in [1.29, 1.82) is 0 Å². The van der Waals surface area contributed by atoms with E-state index in [0.29, 0.717) is 6.04 Å². The molecule has 0 radical (unpaired) electrons. The molecule has 13 heavy (non-hydrogen) atoms. The number of fused-ring (bicyclic) bond motifs is 1. The van der Waals surface area contributed by atoms with Crippen LogP contribution in [0.25, 0.3) is 0 Å². The van der Waals surface area contributed by atoms with Crippen LogP contribution in [0.1, 0.15) is 39.5 Å². The van der Waals surface area contributed by atoms with Gasteiger partial charge in [-0.05, 0) is 26.7 Å². The maximum absolute atomic E-state index is 11.7. The van der Waals surface area contributed by atoms with Gasteiger partial charge in [0.2, 0.25) is 5.91 Å². The SMILES string of the molecule is CC1(C)NC(=O)C2CCCCC2N1. The first-order valence-corrected chi connectivity index (χ1v) is 5.18. The summed E-state index contributed by atoms with van der Waals surface area (Å²) >= 11 is 0. The number of rotatable bonds is 0. The van der Waals surface area contributed by atoms with E-state index in [1.807, 2.05) is 13.8 Å². The van der Waals surface area contributed by atoms with Crippen LogP contribution in [0.5, 0.6) is 0 Å². The van der Waals surface area contributed by atoms with E-state index in [1.54, 1.807) is 0 Å². The smallest absolute Gasteiger partial charge is 0.226 e. The van der Waals surface area contributed by atoms with Crippen molar-refractivity contribution in [2.75, 3.05) is 0 Å². The minimum absolute atomic E-state index is 0.213. The van der Waals surface area contributed by atoms with E-state index in [0.717, 1.165) is 12.8 Å². The van der Waals surface area contributed by atoms with Crippen molar-refractivity contribution in [3.63, 3.8) is 0 Å². The van der Waals surface area contributed by atoms with Gasteiger partial charge in [-0.3, -0.25) is 10.1 Å². The van der Waals surface area contributed by atoms with Gasteiger partial charge in [0.25, 0.3) is 0 Å². The molecule has 3 nitrogen and oxygen atoms in total. The molecular formula is C10H18N2O. The second-order valence-electron chi connectivity index (χ2n) is 4.76. The highest BCUT2D eigenvalue weighted by atomic mass is 16.2. The molecule has 74 valence electrons. The van der Waals surface area contributed by atoms with Crippen LogP contribution < -0.4 is 10.6 Å². The Morgan fingerprint density at radius 3 is 2.77 bits per heavy atom. The summed E-state index contributed by atoms with van der Waals surface area (Å²) in [5, 5.41) is 6.50. The largest absolute Gasteiger partial charge is 0.338 e. The van der Waals surface area contributed by atoms with Gasteiger partial charge in [-0.1, -0.05) is 12.8 Å². The van der Waals surface area contributed by atoms with E-state index < -0.39 is 0 Å². The third kappa shape index (κ3) is 1.70. The fourth-order valence-corrected chi connectivity index (χ4v) is 2.52. The Bertz CT molecular complexity index is 225. The molecule has 2 rings (SSSR count). The van der Waals surface area contributed by atoms with Crippen molar-refractivity contribution in [2.24, 2.45) is 5.92 Å². The van der Waals surface area contributed by atoms with Crippen molar-refractivity contribution < 1.29 is 4.79 Å². The second kappa shape index (κ2) is 2.98. The van der Waals surface area contributed by atoms with Crippen LogP contribution in [0, 0.1) is 5.92 Å². The Morgan fingerprint density at radius 2 is 2.00 bits per heavy atom. The van der Waals surface area contributed by atoms with E-state index >= 15 is 0 Å². The second-order valence-corrected chi connectivity index (χ2v) is 4.76. The molecule has 1 saturated carbocycles. The fraction of sp³-hybridized carbons (Fsp3) is 0.900. The van der Waals surface area contributed by atoms with Gasteiger partial charge in [-0.15, -0.1) is 0 Å². The molecular weight excluding hydrogens is 164 g/mol. The molecule has 2 atom stereocenters. The molecule has 2 N–H and O–H groups in total. The summed E-state index contributed by atoms with van der Waals surface area (Å²) < 4.78 is 0. The minimum Gasteiger partial charge on any atom is -0.338 e. The van der Waals surface area contributed by atoms with E-state index in [2.05, 4.69) is 10.6 Å². The van der Waals surface area contributed by atoms with Gasteiger partial charge in [0.15, 0.2) is 0 Å². The average molecular weight is 182 g/mol. The lowest BCUT2D eigenvalue weighted by atomic mass is 9.81. The third-order valence-electron chi connectivity index (χ3n) is 3.08. The molecule has 2 aliphatic rings. The van der Waals surface area contributed by atoms with E-state index in [9.17, 15) is 4.79 Å². The number of carbonyl (C=O) groups is 1. The predicted octanol–water partition coefficient (Wildman–Crippen LogP) is 1.00. The summed E-state index contributed by atoms with van der Waals surface area (Å²) in [6, 6.07) is 0.414. The normalized spacial score (nSPS) is 37.8. The first-order valence-electron chi connectivity index (χ1n) is 5.18. The zero-order valence-corrected chi connectivity index (χ0v) is 8.39. The lowest BCUT2D eigenvalue weighted by Gasteiger charge is -2.44. The molecule has 1 aliphatic heterocycles. The molecule has 1 amide bonds. The zero-order valence-electron chi connectivity index (χ0n) is 8.39. The monoisotopic (exact) mass is 182 g/mol. The lowest BCUT2D eigenvalue weighted by molar-refractivity contribution is -0.132. The summed E-state index contributed by atoms with van der Waals surface area (Å²) in [5.74, 6) is 0.468. The first kappa shape index (κ1) is 9.00. The van der Waals surface area contributed by atoms with Crippen molar-refractivity contribution >= 4 is 5.91 Å². The number of amides is 1. The predicted molar refractivity (Wildman–Crippen MR) is 51.1 cm³/mol. The van der Waals surface area contributed by atoms with Crippen molar-refractivity contribution in [2.45, 2.75) is 51.2 Å². The highest BCUT2D eigenvalue weighted by Gasteiger charge is 2.40. The molecule has 2 unspecified atom stereocenters. The molecule has 3 heteroatoms. The molecule has 0 aromatic heterocycles. The fourth-order valence-electron chi connectivity index (χ4n) is 2.52. The van der Waals surface area contributed by atoms with Crippen molar-refractivity contribution in [3.05, 3.63) is 0 Å². The number of hydrogen-bond acceptors (Lipinski definition) is 2. The third-order valence-corrected chi connectivity index (χ3v) is 3.08. The van der Waals surface area contributed by atoms with E-state index in [4.69, 9.17) is 0 Å². The first-order chi connectivity index (χ1) is 6.08. The van der Waals surface area contributed by atoms with Crippen LogP contribution in [0.15, 0.2) is 0 Å². The molecule has 0 spiro atoms. The highest BCUT2D eigenvalue weighted by molar-refractivity contribution is 5.81. The van der Waals surface area contributed by atoms with Gasteiger partial charge in [0, 0.05) is 6.04 Å². The maximum Gasteiger partial charge on any atom is 0.226 e. The summed E-state index contributed by atoms with van der Waals surface area (Å²) in [5.41, 5.74) is -0.213. The van der Waals surface area contributed by atoms with E-state index in [-0.39, 0.29) is 17.5 Å². The summed E-state index contributed by atoms with van der Waals surface area (Å²) in [6.07, 6.45) is 4.68. The van der Waals surface area contributed by atoms with Crippen LogP contribution in [-0.4, -0.2) is 17.6 Å². The van der Waals surface area contributed by atoms with Crippen LogP contribution >= 0.6 is 0 Å². The molecule has 0 bridgehead atoms. The van der Waals surface area contributed by atoms with Crippen molar-refractivity contribution in [3.8, 4) is 0 Å². The van der Waals surface area contributed by atoms with Gasteiger partial charge >= 0.3 is 0 Å². The Morgan fingerprint density at radius 1 is 1.31 bits per heavy atom. The summed E-state index contributed by atoms with van der Waals surface area (Å²) in [4.78, 5) is 11.7. The van der Waals surface area contributed by atoms with Gasteiger partial charge in [-0.2, -0.15) is 0 Å². The Kier molecular flexibility index (Phi) is 2.06. The summed E-state index contributed by atoms with van der Waals surface area (Å²) in [7, 11) is 0. The molecule has 1 saturated heterocycles. The molecule has 1 aliphatic carbocycles. The van der Waals surface area contributed by atoms with Gasteiger partial charge in [0.1, 0.15) is 0 Å². The topological polar surface area (TPSA) is 41.1 Å². The Labute approximate surface area is 79.3 Å². The average Bonchev–Trinajstić information content (AvgIpc) is 2.02. The van der Waals surface area contributed by atoms with Gasteiger partial charge in [0.05, 0.1) is 11.6 Å². The van der Waals surface area contributed by atoms with Crippen LogP contribution in [0.4, 0.5) is 0 Å². The van der Waals surface area contributed by atoms with Crippen LogP contribution in [0.3, 0.4) is 0 Å². The molecule has 2 fully saturated rings. The molecule has 0 aromatic carbocycles. The lowest BCUT2D eigenvalue weighted by Crippen LogP contribution is -2.67. The number of carbonyl (C=O) groups excluding carboxylic acids is 1. The van der Waals surface area contributed by atoms with E-state index in [1.165, 1.54) is 12.8 Å². The molecule has 1 heterocycles. The molecule has 0 aromatic rings.